The van der Waals surface area contributed by atoms with Crippen LogP contribution in [0.5, 0.6) is 0 Å². The number of ketones is 1. The predicted octanol–water partition coefficient (Wildman–Crippen LogP) is 3.79. The van der Waals surface area contributed by atoms with Crippen molar-refractivity contribution in [1.29, 1.82) is 0 Å². The molecule has 3 rings (SSSR count). The highest BCUT2D eigenvalue weighted by Crippen LogP contribution is 2.21. The Morgan fingerprint density at radius 1 is 1.30 bits per heavy atom. The summed E-state index contributed by atoms with van der Waals surface area (Å²) in [6.07, 6.45) is 1.36. The molecular weight excluding hydrogens is 328 g/mol. The van der Waals surface area contributed by atoms with Gasteiger partial charge in [-0.2, -0.15) is 4.68 Å². The summed E-state index contributed by atoms with van der Waals surface area (Å²) < 4.78 is 1.73. The van der Waals surface area contributed by atoms with Crippen molar-refractivity contribution in [2.24, 2.45) is 0 Å². The molecule has 0 fully saturated rings. The minimum Gasteiger partial charge on any atom is -0.293 e. The number of hydrogen-bond donors (Lipinski definition) is 0. The first-order valence-electron chi connectivity index (χ1n) is 7.29. The summed E-state index contributed by atoms with van der Waals surface area (Å²) in [6, 6.07) is 11.8. The average Bonchev–Trinajstić information content (AvgIpc) is 3.22. The molecule has 5 nitrogen and oxygen atoms in total. The van der Waals surface area contributed by atoms with E-state index < -0.39 is 0 Å². The third-order valence-corrected chi connectivity index (χ3v) is 5.18. The van der Waals surface area contributed by atoms with Gasteiger partial charge < -0.3 is 0 Å². The van der Waals surface area contributed by atoms with Crippen LogP contribution in [0.4, 0.5) is 0 Å². The topological polar surface area (TPSA) is 60.7 Å². The molecule has 0 N–H and O–H groups in total. The number of thiophene rings is 1. The van der Waals surface area contributed by atoms with Crippen LogP contribution >= 0.6 is 23.1 Å². The maximum absolute atomic E-state index is 11.9. The van der Waals surface area contributed by atoms with Crippen molar-refractivity contribution in [1.82, 2.24) is 20.2 Å². The molecular formula is C16H16N4OS2. The number of benzene rings is 1. The molecule has 0 unspecified atom stereocenters. The standard InChI is InChI=1S/C16H16N4OS2/c1-12-5-2-6-13(11-12)20-16(17-18-19-20)23-10-3-7-14(21)15-8-4-9-22-15/h2,4-6,8-9,11H,3,7,10H2,1H3. The van der Waals surface area contributed by atoms with Gasteiger partial charge in [0.1, 0.15) is 0 Å². The molecule has 0 bridgehead atoms. The van der Waals surface area contributed by atoms with E-state index >= 15 is 0 Å². The van der Waals surface area contributed by atoms with Crippen molar-refractivity contribution in [3.63, 3.8) is 0 Å². The van der Waals surface area contributed by atoms with E-state index in [1.807, 2.05) is 48.7 Å². The van der Waals surface area contributed by atoms with Crippen LogP contribution in [0, 0.1) is 6.92 Å². The zero-order valence-electron chi connectivity index (χ0n) is 12.7. The minimum atomic E-state index is 0.207. The van der Waals surface area contributed by atoms with Crippen LogP contribution in [0.15, 0.2) is 46.9 Å². The molecule has 2 aromatic heterocycles. The van der Waals surface area contributed by atoms with E-state index in [1.54, 1.807) is 16.4 Å². The molecule has 118 valence electrons. The number of carbonyl (C=O) groups excluding carboxylic acids is 1. The molecule has 0 aliphatic carbocycles. The zero-order chi connectivity index (χ0) is 16.1. The van der Waals surface area contributed by atoms with Gasteiger partial charge in [0.25, 0.3) is 0 Å². The van der Waals surface area contributed by atoms with Crippen molar-refractivity contribution in [3.8, 4) is 5.69 Å². The fourth-order valence-electron chi connectivity index (χ4n) is 2.15. The highest BCUT2D eigenvalue weighted by molar-refractivity contribution is 7.99. The summed E-state index contributed by atoms with van der Waals surface area (Å²) >= 11 is 3.07. The Labute approximate surface area is 142 Å². The van der Waals surface area contributed by atoms with Crippen LogP contribution in [-0.2, 0) is 0 Å². The number of carbonyl (C=O) groups is 1. The second-order valence-electron chi connectivity index (χ2n) is 5.06. The number of nitrogens with zero attached hydrogens (tertiary/aromatic N) is 4. The Bertz CT molecular complexity index is 783. The number of rotatable bonds is 7. The van der Waals surface area contributed by atoms with Crippen LogP contribution in [0.2, 0.25) is 0 Å². The van der Waals surface area contributed by atoms with Crippen LogP contribution in [0.25, 0.3) is 5.69 Å². The van der Waals surface area contributed by atoms with Gasteiger partial charge in [0.2, 0.25) is 5.16 Å². The van der Waals surface area contributed by atoms with Crippen LogP contribution in [0.3, 0.4) is 0 Å². The van der Waals surface area contributed by atoms with Gasteiger partial charge in [-0.25, -0.2) is 0 Å². The van der Waals surface area contributed by atoms with Gasteiger partial charge in [0, 0.05) is 12.2 Å². The normalized spacial score (nSPS) is 10.8. The lowest BCUT2D eigenvalue weighted by atomic mass is 10.2. The molecule has 1 aromatic carbocycles. The van der Waals surface area contributed by atoms with Gasteiger partial charge >= 0.3 is 0 Å². The number of Topliss-reactive ketones (excluding diaryl/α,β-unsaturated/α-hetero) is 1. The van der Waals surface area contributed by atoms with Crippen LogP contribution in [-0.4, -0.2) is 31.7 Å². The van der Waals surface area contributed by atoms with Gasteiger partial charge in [0.05, 0.1) is 10.6 Å². The van der Waals surface area contributed by atoms with Crippen LogP contribution in [0.1, 0.15) is 28.1 Å². The van der Waals surface area contributed by atoms with Gasteiger partial charge in [-0.15, -0.1) is 16.4 Å². The molecule has 0 radical (unpaired) electrons. The van der Waals surface area contributed by atoms with Gasteiger partial charge in [-0.3, -0.25) is 4.79 Å². The monoisotopic (exact) mass is 344 g/mol. The summed E-state index contributed by atoms with van der Waals surface area (Å²) in [6.45, 7) is 2.04. The summed E-state index contributed by atoms with van der Waals surface area (Å²) in [5, 5.41) is 14.6. The highest BCUT2D eigenvalue weighted by Gasteiger charge is 2.10. The maximum Gasteiger partial charge on any atom is 0.214 e. The smallest absolute Gasteiger partial charge is 0.214 e. The molecule has 0 saturated heterocycles. The van der Waals surface area contributed by atoms with E-state index in [2.05, 4.69) is 15.5 Å². The third-order valence-electron chi connectivity index (χ3n) is 3.26. The number of aryl methyl sites for hydroxylation is 1. The van der Waals surface area contributed by atoms with E-state index in [1.165, 1.54) is 11.3 Å². The molecule has 0 saturated carbocycles. The van der Waals surface area contributed by atoms with E-state index in [0.717, 1.165) is 33.5 Å². The van der Waals surface area contributed by atoms with Gasteiger partial charge in [0.15, 0.2) is 5.78 Å². The van der Waals surface area contributed by atoms with Crippen molar-refractivity contribution in [3.05, 3.63) is 52.2 Å². The largest absolute Gasteiger partial charge is 0.293 e. The van der Waals surface area contributed by atoms with Crippen molar-refractivity contribution >= 4 is 28.9 Å². The fourth-order valence-corrected chi connectivity index (χ4v) is 3.67. The summed E-state index contributed by atoms with van der Waals surface area (Å²) in [4.78, 5) is 12.8. The first-order valence-corrected chi connectivity index (χ1v) is 9.15. The lowest BCUT2D eigenvalue weighted by molar-refractivity contribution is 0.0986. The first kappa shape index (κ1) is 15.9. The quantitative estimate of drug-likeness (QED) is 0.371. The van der Waals surface area contributed by atoms with E-state index in [0.29, 0.717) is 6.42 Å². The molecule has 0 spiro atoms. The number of thioether (sulfide) groups is 1. The Balaban J connectivity index is 1.55. The fraction of sp³-hybridized carbons (Fsp3) is 0.250. The Hall–Kier alpha value is -1.99. The Morgan fingerprint density at radius 2 is 2.22 bits per heavy atom. The van der Waals surface area contributed by atoms with Crippen molar-refractivity contribution in [2.75, 3.05) is 5.75 Å². The second-order valence-corrected chi connectivity index (χ2v) is 7.07. The SMILES string of the molecule is Cc1cccc(-n2nnnc2SCCCC(=O)c2cccs2)c1. The first-order chi connectivity index (χ1) is 11.2. The zero-order valence-corrected chi connectivity index (χ0v) is 14.3. The molecule has 0 aliphatic heterocycles. The predicted molar refractivity (Wildman–Crippen MR) is 92.5 cm³/mol. The maximum atomic E-state index is 11.9. The minimum absolute atomic E-state index is 0.207. The molecule has 0 amide bonds. The summed E-state index contributed by atoms with van der Waals surface area (Å²) in [5.74, 6) is 1.02. The van der Waals surface area contributed by atoms with Gasteiger partial charge in [-0.1, -0.05) is 30.0 Å². The summed E-state index contributed by atoms with van der Waals surface area (Å²) in [7, 11) is 0. The highest BCUT2D eigenvalue weighted by atomic mass is 32.2. The van der Waals surface area contributed by atoms with E-state index in [9.17, 15) is 4.79 Å². The van der Waals surface area contributed by atoms with E-state index in [-0.39, 0.29) is 5.78 Å². The summed E-state index contributed by atoms with van der Waals surface area (Å²) in [5.41, 5.74) is 2.11. The average molecular weight is 344 g/mol. The molecule has 7 heteroatoms. The third kappa shape index (κ3) is 4.05. The Kier molecular flexibility index (Phi) is 5.19. The Morgan fingerprint density at radius 3 is 3.00 bits per heavy atom. The van der Waals surface area contributed by atoms with Crippen molar-refractivity contribution < 1.29 is 4.79 Å². The van der Waals surface area contributed by atoms with E-state index in [4.69, 9.17) is 0 Å². The lowest BCUT2D eigenvalue weighted by Crippen LogP contribution is -2.00. The molecule has 3 aromatic rings. The molecule has 23 heavy (non-hydrogen) atoms. The number of hydrogen-bond acceptors (Lipinski definition) is 6. The van der Waals surface area contributed by atoms with Crippen LogP contribution < -0.4 is 0 Å². The molecule has 2 heterocycles. The number of aromatic nitrogens is 4. The molecule has 0 aliphatic rings. The van der Waals surface area contributed by atoms with Gasteiger partial charge in [-0.05, 0) is 52.9 Å². The van der Waals surface area contributed by atoms with Crippen molar-refractivity contribution in [2.45, 2.75) is 24.9 Å². The molecule has 0 atom stereocenters. The second kappa shape index (κ2) is 7.52. The number of tetrazole rings is 1. The lowest BCUT2D eigenvalue weighted by Gasteiger charge is -2.04.